The van der Waals surface area contributed by atoms with Crippen LogP contribution in [0, 0.1) is 0 Å². The first-order chi connectivity index (χ1) is 23.8. The van der Waals surface area contributed by atoms with Gasteiger partial charge in [0.15, 0.2) is 17.5 Å². The summed E-state index contributed by atoms with van der Waals surface area (Å²) < 4.78 is 0. The first kappa shape index (κ1) is 27.8. The highest BCUT2D eigenvalue weighted by molar-refractivity contribution is 6.13. The summed E-state index contributed by atoms with van der Waals surface area (Å²) in [5.74, 6) is 1.95. The van der Waals surface area contributed by atoms with Gasteiger partial charge in [0, 0.05) is 16.7 Å². The van der Waals surface area contributed by atoms with E-state index in [9.17, 15) is 0 Å². The van der Waals surface area contributed by atoms with E-state index in [-0.39, 0.29) is 0 Å². The van der Waals surface area contributed by atoms with Gasteiger partial charge in [-0.2, -0.15) is 0 Å². The highest BCUT2D eigenvalue weighted by Gasteiger charge is 2.17. The van der Waals surface area contributed by atoms with Crippen LogP contribution in [-0.4, -0.2) is 15.0 Å². The predicted octanol–water partition coefficient (Wildman–Crippen LogP) is 11.7. The van der Waals surface area contributed by atoms with Gasteiger partial charge in [-0.05, 0) is 66.7 Å². The van der Waals surface area contributed by atoms with Gasteiger partial charge in [-0.15, -0.1) is 0 Å². The van der Waals surface area contributed by atoms with E-state index < -0.39 is 0 Å². The maximum Gasteiger partial charge on any atom is 0.164 e. The van der Waals surface area contributed by atoms with Crippen LogP contribution in [0.2, 0.25) is 0 Å². The van der Waals surface area contributed by atoms with E-state index in [0.717, 1.165) is 33.0 Å². The second-order valence-corrected chi connectivity index (χ2v) is 12.0. The molecule has 0 spiro atoms. The van der Waals surface area contributed by atoms with Crippen molar-refractivity contribution in [2.45, 2.75) is 0 Å². The van der Waals surface area contributed by atoms with E-state index in [2.05, 4.69) is 158 Å². The Kier molecular flexibility index (Phi) is 6.80. The third-order valence-electron chi connectivity index (χ3n) is 9.12. The van der Waals surface area contributed by atoms with Crippen molar-refractivity contribution < 1.29 is 0 Å². The molecular formula is C45H29N3. The fraction of sp³-hybridized carbons (Fsp3) is 0. The normalized spacial score (nSPS) is 11.3. The molecule has 0 amide bonds. The molecule has 0 aliphatic rings. The summed E-state index contributed by atoms with van der Waals surface area (Å²) in [4.78, 5) is 15.3. The second kappa shape index (κ2) is 11.7. The van der Waals surface area contributed by atoms with Gasteiger partial charge in [0.1, 0.15) is 0 Å². The summed E-state index contributed by atoms with van der Waals surface area (Å²) in [6.45, 7) is 0. The Hall–Kier alpha value is -6.45. The van der Waals surface area contributed by atoms with Crippen molar-refractivity contribution in [3.05, 3.63) is 176 Å². The Labute approximate surface area is 278 Å². The van der Waals surface area contributed by atoms with Gasteiger partial charge in [-0.1, -0.05) is 164 Å². The van der Waals surface area contributed by atoms with Crippen molar-refractivity contribution in [1.29, 1.82) is 0 Å². The highest BCUT2D eigenvalue weighted by Crippen LogP contribution is 2.38. The van der Waals surface area contributed by atoms with E-state index in [4.69, 9.17) is 15.0 Å². The molecule has 0 fully saturated rings. The minimum Gasteiger partial charge on any atom is -0.208 e. The fourth-order valence-electron chi connectivity index (χ4n) is 6.83. The van der Waals surface area contributed by atoms with Crippen LogP contribution >= 0.6 is 0 Å². The zero-order valence-corrected chi connectivity index (χ0v) is 26.1. The molecule has 3 heteroatoms. The molecule has 0 atom stereocenters. The van der Waals surface area contributed by atoms with Crippen molar-refractivity contribution in [2.24, 2.45) is 0 Å². The molecule has 0 unspecified atom stereocenters. The van der Waals surface area contributed by atoms with Crippen LogP contribution in [0.15, 0.2) is 176 Å². The molecule has 8 aromatic carbocycles. The summed E-state index contributed by atoms with van der Waals surface area (Å²) in [6.07, 6.45) is 0. The van der Waals surface area contributed by atoms with Gasteiger partial charge >= 0.3 is 0 Å². The maximum atomic E-state index is 5.19. The lowest BCUT2D eigenvalue weighted by Gasteiger charge is -2.14. The quantitative estimate of drug-likeness (QED) is 0.182. The van der Waals surface area contributed by atoms with E-state index in [1.165, 1.54) is 38.2 Å². The van der Waals surface area contributed by atoms with Crippen LogP contribution in [-0.2, 0) is 0 Å². The topological polar surface area (TPSA) is 38.7 Å². The molecule has 0 bridgehead atoms. The van der Waals surface area contributed by atoms with E-state index in [1.54, 1.807) is 0 Å². The Balaban J connectivity index is 1.24. The Morgan fingerprint density at radius 3 is 1.40 bits per heavy atom. The molecule has 0 aliphatic carbocycles. The third kappa shape index (κ3) is 4.90. The number of benzene rings is 8. The zero-order chi connectivity index (χ0) is 31.9. The minimum absolute atomic E-state index is 0.642. The number of rotatable bonds is 5. The average Bonchev–Trinajstić information content (AvgIpc) is 3.17. The average molecular weight is 612 g/mol. The maximum absolute atomic E-state index is 5.19. The van der Waals surface area contributed by atoms with Gasteiger partial charge in [0.2, 0.25) is 0 Å². The Bertz CT molecular complexity index is 2610. The van der Waals surface area contributed by atoms with Gasteiger partial charge < -0.3 is 0 Å². The van der Waals surface area contributed by atoms with Crippen LogP contribution in [0.3, 0.4) is 0 Å². The second-order valence-electron chi connectivity index (χ2n) is 12.0. The summed E-state index contributed by atoms with van der Waals surface area (Å²) in [5, 5.41) is 7.10. The molecule has 9 rings (SSSR count). The minimum atomic E-state index is 0.642. The lowest BCUT2D eigenvalue weighted by Crippen LogP contribution is -2.01. The van der Waals surface area contributed by atoms with Crippen molar-refractivity contribution in [3.8, 4) is 56.4 Å². The fourth-order valence-corrected chi connectivity index (χ4v) is 6.83. The predicted molar refractivity (Wildman–Crippen MR) is 200 cm³/mol. The molecular weight excluding hydrogens is 583 g/mol. The van der Waals surface area contributed by atoms with Crippen molar-refractivity contribution >= 4 is 32.3 Å². The molecule has 0 saturated carbocycles. The first-order valence-corrected chi connectivity index (χ1v) is 16.2. The molecule has 3 nitrogen and oxygen atoms in total. The molecule has 0 radical (unpaired) electrons. The number of nitrogens with zero attached hydrogens (tertiary/aromatic N) is 3. The van der Waals surface area contributed by atoms with Crippen molar-refractivity contribution in [3.63, 3.8) is 0 Å². The molecule has 0 aliphatic heterocycles. The van der Waals surface area contributed by atoms with Gasteiger partial charge in [0.05, 0.1) is 0 Å². The number of fused-ring (bicyclic) bond motifs is 4. The lowest BCUT2D eigenvalue weighted by atomic mass is 9.91. The number of hydrogen-bond acceptors (Lipinski definition) is 3. The van der Waals surface area contributed by atoms with Crippen LogP contribution in [0.25, 0.3) is 88.7 Å². The highest BCUT2D eigenvalue weighted by atomic mass is 15.0. The van der Waals surface area contributed by atoms with E-state index >= 15 is 0 Å². The SMILES string of the molecule is c1ccc(-c2nc(-c3cccc(-c4ccc(-c5ccccc5)c5ccccc45)c3)nc(-c3cc4ccccc4c4ccccc34)n2)cc1. The molecule has 0 N–H and O–H groups in total. The largest absolute Gasteiger partial charge is 0.208 e. The molecule has 9 aromatic rings. The lowest BCUT2D eigenvalue weighted by molar-refractivity contribution is 1.08. The summed E-state index contributed by atoms with van der Waals surface area (Å²) in [6, 6.07) is 61.7. The molecule has 1 aromatic heterocycles. The van der Waals surface area contributed by atoms with E-state index in [1.807, 2.05) is 18.2 Å². The smallest absolute Gasteiger partial charge is 0.164 e. The van der Waals surface area contributed by atoms with Crippen LogP contribution < -0.4 is 0 Å². The first-order valence-electron chi connectivity index (χ1n) is 16.2. The molecule has 0 saturated heterocycles. The number of hydrogen-bond donors (Lipinski definition) is 0. The molecule has 48 heavy (non-hydrogen) atoms. The summed E-state index contributed by atoms with van der Waals surface area (Å²) in [5.41, 5.74) is 7.60. The van der Waals surface area contributed by atoms with Gasteiger partial charge in [-0.25, -0.2) is 15.0 Å². The standard InChI is InChI=1S/C45H29N3/c1-3-14-30(15-4-1)36-26-27-37(40-24-10-9-23-39(36)40)32-19-13-20-34(28-32)44-46-43(31-16-5-2-6-17-31)47-45(48-44)42-29-33-18-7-8-21-35(33)38-22-11-12-25-41(38)42/h1-29H. The van der Waals surface area contributed by atoms with Gasteiger partial charge in [-0.3, -0.25) is 0 Å². The molecule has 224 valence electrons. The van der Waals surface area contributed by atoms with Crippen molar-refractivity contribution in [1.82, 2.24) is 15.0 Å². The summed E-state index contributed by atoms with van der Waals surface area (Å²) in [7, 11) is 0. The summed E-state index contributed by atoms with van der Waals surface area (Å²) >= 11 is 0. The Morgan fingerprint density at radius 1 is 0.250 bits per heavy atom. The van der Waals surface area contributed by atoms with Gasteiger partial charge in [0.25, 0.3) is 0 Å². The molecule has 1 heterocycles. The van der Waals surface area contributed by atoms with Crippen LogP contribution in [0.1, 0.15) is 0 Å². The third-order valence-corrected chi connectivity index (χ3v) is 9.12. The zero-order valence-electron chi connectivity index (χ0n) is 26.1. The number of aromatic nitrogens is 3. The monoisotopic (exact) mass is 611 g/mol. The Morgan fingerprint density at radius 2 is 0.708 bits per heavy atom. The van der Waals surface area contributed by atoms with E-state index in [0.29, 0.717) is 17.5 Å². The van der Waals surface area contributed by atoms with Crippen molar-refractivity contribution in [2.75, 3.05) is 0 Å². The van der Waals surface area contributed by atoms with Crippen LogP contribution in [0.4, 0.5) is 0 Å². The van der Waals surface area contributed by atoms with Crippen LogP contribution in [0.5, 0.6) is 0 Å².